The molecule has 2 aromatic carbocycles. The molecule has 1 aromatic heterocycles. The van der Waals surface area contributed by atoms with Crippen LogP contribution >= 0.6 is 22.9 Å². The van der Waals surface area contributed by atoms with E-state index in [1.54, 1.807) is 16.7 Å². The highest BCUT2D eigenvalue weighted by molar-refractivity contribution is 7.16. The Morgan fingerprint density at radius 3 is 2.75 bits per heavy atom. The minimum atomic E-state index is -0.657. The highest BCUT2D eigenvalue weighted by atomic mass is 35.5. The van der Waals surface area contributed by atoms with Crippen LogP contribution in [0.15, 0.2) is 35.3 Å². The van der Waals surface area contributed by atoms with Gasteiger partial charge < -0.3 is 18.8 Å². The molecule has 0 atom stereocenters. The molecular formula is C18H12ClFN2O5S. The molecular weight excluding hydrogens is 411 g/mol. The number of hydrogen-bond acceptors (Lipinski definition) is 6. The number of methoxy groups -OCH3 is 1. The minimum absolute atomic E-state index is 0.0462. The predicted octanol–water partition coefficient (Wildman–Crippen LogP) is 3.14. The number of benzene rings is 2. The Labute approximate surface area is 166 Å². The van der Waals surface area contributed by atoms with Crippen LogP contribution in [0.3, 0.4) is 0 Å². The quantitative estimate of drug-likeness (QED) is 0.606. The van der Waals surface area contributed by atoms with Gasteiger partial charge in [-0.2, -0.15) is 4.99 Å². The van der Waals surface area contributed by atoms with Crippen molar-refractivity contribution in [1.82, 2.24) is 4.57 Å². The van der Waals surface area contributed by atoms with Gasteiger partial charge in [0.25, 0.3) is 5.91 Å². The number of fused-ring (bicyclic) bond motifs is 2. The molecule has 28 heavy (non-hydrogen) atoms. The molecule has 1 aliphatic rings. The van der Waals surface area contributed by atoms with Crippen molar-refractivity contribution in [2.45, 2.75) is 6.54 Å². The van der Waals surface area contributed by atoms with Crippen molar-refractivity contribution < 1.29 is 28.2 Å². The van der Waals surface area contributed by atoms with Gasteiger partial charge in [-0.15, -0.1) is 0 Å². The standard InChI is InChI=1S/C18H12ClFN2O5S/c1-25-16(23)7-22-12-5-13-14(27-8-26-13)6-15(12)28-18(22)21-17(24)10-3-2-9(20)4-11(10)19/h2-6H,7-8H2,1H3. The Morgan fingerprint density at radius 1 is 1.29 bits per heavy atom. The fourth-order valence-corrected chi connectivity index (χ4v) is 3.99. The molecule has 3 aromatic rings. The number of thiazole rings is 1. The Morgan fingerprint density at radius 2 is 2.04 bits per heavy atom. The third kappa shape index (κ3) is 3.34. The lowest BCUT2D eigenvalue weighted by atomic mass is 10.2. The van der Waals surface area contributed by atoms with Crippen molar-refractivity contribution in [3.8, 4) is 11.5 Å². The first-order valence-electron chi connectivity index (χ1n) is 8.00. The molecule has 4 rings (SSSR count). The zero-order valence-electron chi connectivity index (χ0n) is 14.4. The van der Waals surface area contributed by atoms with Gasteiger partial charge >= 0.3 is 5.97 Å². The highest BCUT2D eigenvalue weighted by Gasteiger charge is 2.20. The van der Waals surface area contributed by atoms with Crippen molar-refractivity contribution in [3.63, 3.8) is 0 Å². The molecule has 1 aliphatic heterocycles. The van der Waals surface area contributed by atoms with Crippen molar-refractivity contribution in [3.05, 3.63) is 51.5 Å². The Bertz CT molecular complexity index is 1190. The highest BCUT2D eigenvalue weighted by Crippen LogP contribution is 2.37. The molecule has 10 heteroatoms. The van der Waals surface area contributed by atoms with Gasteiger partial charge in [-0.3, -0.25) is 9.59 Å². The lowest BCUT2D eigenvalue weighted by Crippen LogP contribution is -2.22. The van der Waals surface area contributed by atoms with Gasteiger partial charge in [-0.1, -0.05) is 22.9 Å². The summed E-state index contributed by atoms with van der Waals surface area (Å²) in [7, 11) is 1.27. The average molecular weight is 423 g/mol. The van der Waals surface area contributed by atoms with Crippen LogP contribution in [0, 0.1) is 5.82 Å². The number of esters is 1. The van der Waals surface area contributed by atoms with Crippen LogP contribution in [0.5, 0.6) is 11.5 Å². The lowest BCUT2D eigenvalue weighted by molar-refractivity contribution is -0.141. The number of rotatable bonds is 3. The van der Waals surface area contributed by atoms with E-state index in [1.807, 2.05) is 0 Å². The summed E-state index contributed by atoms with van der Waals surface area (Å²) in [6.45, 7) is -0.0399. The van der Waals surface area contributed by atoms with Crippen LogP contribution in [0.1, 0.15) is 10.4 Å². The minimum Gasteiger partial charge on any atom is -0.468 e. The van der Waals surface area contributed by atoms with Gasteiger partial charge in [0.05, 0.1) is 27.9 Å². The SMILES string of the molecule is COC(=O)Cn1c(=NC(=O)c2ccc(F)cc2Cl)sc2cc3c(cc21)OCO3. The first-order valence-corrected chi connectivity index (χ1v) is 9.19. The summed E-state index contributed by atoms with van der Waals surface area (Å²) in [5, 5.41) is -0.0462. The van der Waals surface area contributed by atoms with Crippen LogP contribution in [-0.2, 0) is 16.1 Å². The zero-order chi connectivity index (χ0) is 19.8. The molecule has 0 spiro atoms. The molecule has 0 saturated carbocycles. The van der Waals surface area contributed by atoms with Gasteiger partial charge in [0.2, 0.25) is 6.79 Å². The van der Waals surface area contributed by atoms with E-state index in [4.69, 9.17) is 25.8 Å². The van der Waals surface area contributed by atoms with E-state index in [1.165, 1.54) is 24.5 Å². The summed E-state index contributed by atoms with van der Waals surface area (Å²) in [6, 6.07) is 6.89. The molecule has 1 amide bonds. The number of halogens is 2. The topological polar surface area (TPSA) is 79.1 Å². The molecule has 0 unspecified atom stereocenters. The Balaban J connectivity index is 1.87. The Hall–Kier alpha value is -2.91. The average Bonchev–Trinajstić information content (AvgIpc) is 3.24. The van der Waals surface area contributed by atoms with Crippen molar-refractivity contribution in [2.24, 2.45) is 4.99 Å². The van der Waals surface area contributed by atoms with Gasteiger partial charge in [-0.05, 0) is 18.2 Å². The maximum atomic E-state index is 13.2. The van der Waals surface area contributed by atoms with Crippen LogP contribution in [-0.4, -0.2) is 30.3 Å². The summed E-state index contributed by atoms with van der Waals surface area (Å²) >= 11 is 7.14. The molecule has 2 heterocycles. The summed E-state index contributed by atoms with van der Waals surface area (Å²) in [6.07, 6.45) is 0. The number of ether oxygens (including phenoxy) is 3. The van der Waals surface area contributed by atoms with Crippen LogP contribution < -0.4 is 14.3 Å². The second-order valence-corrected chi connectivity index (χ2v) is 7.18. The van der Waals surface area contributed by atoms with Gasteiger partial charge in [0.1, 0.15) is 12.4 Å². The number of hydrogen-bond donors (Lipinski definition) is 0. The van der Waals surface area contributed by atoms with E-state index in [9.17, 15) is 14.0 Å². The fraction of sp³-hybridized carbons (Fsp3) is 0.167. The molecule has 0 fully saturated rings. The number of carbonyl (C=O) groups is 2. The molecule has 0 N–H and O–H groups in total. The van der Waals surface area contributed by atoms with Crippen LogP contribution in [0.2, 0.25) is 5.02 Å². The number of carbonyl (C=O) groups excluding carboxylic acids is 2. The molecule has 144 valence electrons. The first kappa shape index (κ1) is 18.5. The van der Waals surface area contributed by atoms with Crippen molar-refractivity contribution in [2.75, 3.05) is 13.9 Å². The maximum Gasteiger partial charge on any atom is 0.325 e. The smallest absolute Gasteiger partial charge is 0.325 e. The van der Waals surface area contributed by atoms with Gasteiger partial charge in [0.15, 0.2) is 16.3 Å². The van der Waals surface area contributed by atoms with E-state index in [0.29, 0.717) is 17.0 Å². The lowest BCUT2D eigenvalue weighted by Gasteiger charge is -2.04. The van der Waals surface area contributed by atoms with E-state index in [2.05, 4.69) is 4.99 Å². The normalized spacial score (nSPS) is 13.2. The summed E-state index contributed by atoms with van der Waals surface area (Å²) in [5.74, 6) is -0.623. The first-order chi connectivity index (χ1) is 13.5. The van der Waals surface area contributed by atoms with Gasteiger partial charge in [0, 0.05) is 12.1 Å². The fourth-order valence-electron chi connectivity index (χ4n) is 2.70. The van der Waals surface area contributed by atoms with E-state index in [0.717, 1.165) is 16.8 Å². The van der Waals surface area contributed by atoms with Gasteiger partial charge in [-0.25, -0.2) is 4.39 Å². The Kier molecular flexibility index (Phi) is 4.78. The summed E-state index contributed by atoms with van der Waals surface area (Å²) in [5.41, 5.74) is 0.690. The molecule has 0 bridgehead atoms. The number of amides is 1. The molecule has 0 saturated heterocycles. The molecule has 7 nitrogen and oxygen atoms in total. The van der Waals surface area contributed by atoms with Crippen LogP contribution in [0.4, 0.5) is 4.39 Å². The van der Waals surface area contributed by atoms with Crippen LogP contribution in [0.25, 0.3) is 10.2 Å². The second kappa shape index (κ2) is 7.25. The maximum absolute atomic E-state index is 13.2. The third-order valence-electron chi connectivity index (χ3n) is 4.05. The third-order valence-corrected chi connectivity index (χ3v) is 5.40. The summed E-state index contributed by atoms with van der Waals surface area (Å²) in [4.78, 5) is 28.8. The molecule has 0 radical (unpaired) electrons. The second-order valence-electron chi connectivity index (χ2n) is 5.76. The number of nitrogens with zero attached hydrogens (tertiary/aromatic N) is 2. The largest absolute Gasteiger partial charge is 0.468 e. The van der Waals surface area contributed by atoms with E-state index < -0.39 is 17.7 Å². The van der Waals surface area contributed by atoms with Crippen molar-refractivity contribution in [1.29, 1.82) is 0 Å². The predicted molar refractivity (Wildman–Crippen MR) is 99.3 cm³/mol. The monoisotopic (exact) mass is 422 g/mol. The van der Waals surface area contributed by atoms with E-state index in [-0.39, 0.29) is 28.7 Å². The number of aromatic nitrogens is 1. The zero-order valence-corrected chi connectivity index (χ0v) is 16.0. The van der Waals surface area contributed by atoms with Crippen molar-refractivity contribution >= 4 is 45.0 Å². The molecule has 0 aliphatic carbocycles. The summed E-state index contributed by atoms with van der Waals surface area (Å²) < 4.78 is 31.0. The van der Waals surface area contributed by atoms with E-state index >= 15 is 0 Å².